The SMILES string of the molecule is CCC(COC(=O)O)c1cc([C@H](C)C(=O)O)ccc1CC1CCCC1. The lowest BCUT2D eigenvalue weighted by Crippen LogP contribution is -2.15. The summed E-state index contributed by atoms with van der Waals surface area (Å²) in [5.41, 5.74) is 3.00. The monoisotopic (exact) mass is 348 g/mol. The van der Waals surface area contributed by atoms with Gasteiger partial charge in [-0.05, 0) is 42.4 Å². The Balaban J connectivity index is 2.32. The van der Waals surface area contributed by atoms with Gasteiger partial charge in [-0.15, -0.1) is 0 Å². The van der Waals surface area contributed by atoms with Gasteiger partial charge in [0, 0.05) is 5.92 Å². The molecule has 0 radical (unpaired) electrons. The summed E-state index contributed by atoms with van der Waals surface area (Å²) in [5.74, 6) is -0.825. The summed E-state index contributed by atoms with van der Waals surface area (Å²) in [7, 11) is 0. The number of carboxylic acids is 1. The topological polar surface area (TPSA) is 83.8 Å². The molecule has 0 spiro atoms. The number of carbonyl (C=O) groups is 2. The highest BCUT2D eigenvalue weighted by atomic mass is 16.7. The van der Waals surface area contributed by atoms with Gasteiger partial charge in [0.05, 0.1) is 5.92 Å². The molecule has 1 saturated carbocycles. The average molecular weight is 348 g/mol. The summed E-state index contributed by atoms with van der Waals surface area (Å²) in [6.45, 7) is 3.78. The minimum absolute atomic E-state index is 0.0477. The van der Waals surface area contributed by atoms with Crippen molar-refractivity contribution in [2.45, 2.75) is 64.2 Å². The number of hydrogen-bond donors (Lipinski definition) is 2. The fourth-order valence-electron chi connectivity index (χ4n) is 3.72. The molecule has 2 atom stereocenters. The van der Waals surface area contributed by atoms with Gasteiger partial charge >= 0.3 is 12.1 Å². The standard InChI is InChI=1S/C20H28O5/c1-3-15(12-25-20(23)24)18-11-16(13(2)19(21)22)8-9-17(18)10-14-6-4-5-7-14/h8-9,11,13-15H,3-7,10,12H2,1-2H3,(H,21,22)(H,23,24)/t13-,15?/m0/s1. The summed E-state index contributed by atoms with van der Waals surface area (Å²) < 4.78 is 4.82. The Morgan fingerprint density at radius 1 is 1.24 bits per heavy atom. The summed E-state index contributed by atoms with van der Waals surface area (Å²) >= 11 is 0. The molecule has 2 N–H and O–H groups in total. The third kappa shape index (κ3) is 5.21. The van der Waals surface area contributed by atoms with Crippen LogP contribution in [-0.4, -0.2) is 28.9 Å². The van der Waals surface area contributed by atoms with Crippen molar-refractivity contribution in [2.24, 2.45) is 5.92 Å². The van der Waals surface area contributed by atoms with Crippen molar-refractivity contribution < 1.29 is 24.5 Å². The molecule has 25 heavy (non-hydrogen) atoms. The zero-order valence-electron chi connectivity index (χ0n) is 15.0. The van der Waals surface area contributed by atoms with E-state index in [0.29, 0.717) is 5.92 Å². The van der Waals surface area contributed by atoms with E-state index in [4.69, 9.17) is 9.84 Å². The van der Waals surface area contributed by atoms with Crippen LogP contribution in [0.2, 0.25) is 0 Å². The van der Waals surface area contributed by atoms with Gasteiger partial charge in [0.15, 0.2) is 0 Å². The largest absolute Gasteiger partial charge is 0.505 e. The van der Waals surface area contributed by atoms with Crippen molar-refractivity contribution in [1.29, 1.82) is 0 Å². The Morgan fingerprint density at radius 2 is 1.92 bits per heavy atom. The molecule has 1 aliphatic rings. The molecule has 138 valence electrons. The van der Waals surface area contributed by atoms with Crippen LogP contribution >= 0.6 is 0 Å². The molecule has 1 fully saturated rings. The number of hydrogen-bond acceptors (Lipinski definition) is 3. The summed E-state index contributed by atoms with van der Waals surface area (Å²) in [6, 6.07) is 5.88. The van der Waals surface area contributed by atoms with Crippen LogP contribution in [0.1, 0.15) is 74.5 Å². The lowest BCUT2D eigenvalue weighted by Gasteiger charge is -2.22. The van der Waals surface area contributed by atoms with Crippen LogP contribution in [0.3, 0.4) is 0 Å². The molecular formula is C20H28O5. The van der Waals surface area contributed by atoms with Crippen molar-refractivity contribution in [3.05, 3.63) is 34.9 Å². The Labute approximate surface area is 149 Å². The van der Waals surface area contributed by atoms with Crippen molar-refractivity contribution in [1.82, 2.24) is 0 Å². The first-order valence-electron chi connectivity index (χ1n) is 9.13. The minimum Gasteiger partial charge on any atom is -0.481 e. The van der Waals surface area contributed by atoms with Crippen LogP contribution in [0, 0.1) is 5.92 Å². The molecule has 1 unspecified atom stereocenters. The molecule has 1 aliphatic carbocycles. The molecule has 0 heterocycles. The van der Waals surface area contributed by atoms with Crippen molar-refractivity contribution in [3.63, 3.8) is 0 Å². The first-order valence-corrected chi connectivity index (χ1v) is 9.13. The quantitative estimate of drug-likeness (QED) is 0.660. The molecule has 0 aromatic heterocycles. The highest BCUT2D eigenvalue weighted by molar-refractivity contribution is 5.75. The summed E-state index contributed by atoms with van der Waals surface area (Å²) in [4.78, 5) is 22.1. The van der Waals surface area contributed by atoms with E-state index in [9.17, 15) is 14.7 Å². The Hall–Kier alpha value is -2.04. The zero-order chi connectivity index (χ0) is 18.4. The fourth-order valence-corrected chi connectivity index (χ4v) is 3.72. The molecule has 1 aromatic carbocycles. The van der Waals surface area contributed by atoms with E-state index in [0.717, 1.165) is 24.0 Å². The Morgan fingerprint density at radius 3 is 2.48 bits per heavy atom. The van der Waals surface area contributed by atoms with E-state index in [-0.39, 0.29) is 12.5 Å². The number of ether oxygens (including phenoxy) is 1. The maximum absolute atomic E-state index is 11.3. The van der Waals surface area contributed by atoms with Crippen molar-refractivity contribution in [3.8, 4) is 0 Å². The van der Waals surface area contributed by atoms with Gasteiger partial charge in [0.25, 0.3) is 0 Å². The van der Waals surface area contributed by atoms with Gasteiger partial charge in [-0.25, -0.2) is 4.79 Å². The highest BCUT2D eigenvalue weighted by Crippen LogP contribution is 2.33. The molecule has 5 nitrogen and oxygen atoms in total. The molecule has 0 amide bonds. The molecule has 0 aliphatic heterocycles. The maximum Gasteiger partial charge on any atom is 0.505 e. The molecule has 2 rings (SSSR count). The second-order valence-electron chi connectivity index (χ2n) is 7.05. The predicted molar refractivity (Wildman–Crippen MR) is 95.2 cm³/mol. The van der Waals surface area contributed by atoms with Gasteiger partial charge in [0.1, 0.15) is 6.61 Å². The first kappa shape index (κ1) is 19.3. The third-order valence-corrected chi connectivity index (χ3v) is 5.36. The lowest BCUT2D eigenvalue weighted by atomic mass is 9.84. The van der Waals surface area contributed by atoms with Gasteiger partial charge < -0.3 is 14.9 Å². The number of aliphatic carboxylic acids is 1. The van der Waals surface area contributed by atoms with E-state index in [1.54, 1.807) is 6.92 Å². The fraction of sp³-hybridized carbons (Fsp3) is 0.600. The lowest BCUT2D eigenvalue weighted by molar-refractivity contribution is -0.138. The maximum atomic E-state index is 11.3. The van der Waals surface area contributed by atoms with Crippen LogP contribution in [0.25, 0.3) is 0 Å². The first-order chi connectivity index (χ1) is 11.9. The van der Waals surface area contributed by atoms with E-state index in [1.807, 2.05) is 25.1 Å². The predicted octanol–water partition coefficient (Wildman–Crippen LogP) is 4.80. The second-order valence-corrected chi connectivity index (χ2v) is 7.05. The van der Waals surface area contributed by atoms with Crippen LogP contribution in [0.5, 0.6) is 0 Å². The Kier molecular flexibility index (Phi) is 6.85. The smallest absolute Gasteiger partial charge is 0.481 e. The van der Waals surface area contributed by atoms with Crippen molar-refractivity contribution in [2.75, 3.05) is 6.61 Å². The van der Waals surface area contributed by atoms with Crippen LogP contribution in [0.4, 0.5) is 4.79 Å². The second kappa shape index (κ2) is 8.88. The molecule has 0 bridgehead atoms. The van der Waals surface area contributed by atoms with Gasteiger partial charge in [0.2, 0.25) is 0 Å². The number of carboxylic acid groups (broad SMARTS) is 2. The van der Waals surface area contributed by atoms with E-state index in [1.165, 1.54) is 31.2 Å². The molecule has 0 saturated heterocycles. The van der Waals surface area contributed by atoms with E-state index in [2.05, 4.69) is 0 Å². The van der Waals surface area contributed by atoms with Crippen LogP contribution in [-0.2, 0) is 16.0 Å². The molecule has 1 aromatic rings. The Bertz CT molecular complexity index is 604. The summed E-state index contributed by atoms with van der Waals surface area (Å²) in [5, 5.41) is 18.1. The van der Waals surface area contributed by atoms with Crippen LogP contribution < -0.4 is 0 Å². The highest BCUT2D eigenvalue weighted by Gasteiger charge is 2.23. The number of benzene rings is 1. The van der Waals surface area contributed by atoms with Gasteiger partial charge in [-0.2, -0.15) is 0 Å². The summed E-state index contributed by atoms with van der Waals surface area (Å²) in [6.07, 6.45) is 5.45. The molecule has 5 heteroatoms. The number of rotatable bonds is 8. The third-order valence-electron chi connectivity index (χ3n) is 5.36. The van der Waals surface area contributed by atoms with Crippen molar-refractivity contribution >= 4 is 12.1 Å². The average Bonchev–Trinajstić information content (AvgIpc) is 3.08. The van der Waals surface area contributed by atoms with E-state index >= 15 is 0 Å². The molecular weight excluding hydrogens is 320 g/mol. The van der Waals surface area contributed by atoms with Gasteiger partial charge in [-0.3, -0.25) is 4.79 Å². The minimum atomic E-state index is -1.27. The normalized spacial score (nSPS) is 17.2. The van der Waals surface area contributed by atoms with E-state index < -0.39 is 18.0 Å². The zero-order valence-corrected chi connectivity index (χ0v) is 15.0. The van der Waals surface area contributed by atoms with Crippen LogP contribution in [0.15, 0.2) is 18.2 Å². The van der Waals surface area contributed by atoms with Gasteiger partial charge in [-0.1, -0.05) is 50.8 Å².